The number of hydrogen-bond acceptors (Lipinski definition) is 3. The second-order valence-corrected chi connectivity index (χ2v) is 9.30. The molecule has 28 heavy (non-hydrogen) atoms. The molecule has 0 unspecified atom stereocenters. The van der Waals surface area contributed by atoms with Gasteiger partial charge < -0.3 is 10.6 Å². The molecule has 1 fully saturated rings. The molecule has 1 heterocycles. The number of hydrogen-bond donors (Lipinski definition) is 2. The van der Waals surface area contributed by atoms with Crippen molar-refractivity contribution >= 4 is 38.7 Å². The van der Waals surface area contributed by atoms with Crippen molar-refractivity contribution in [3.8, 4) is 0 Å². The number of nitrogens with zero attached hydrogens (tertiary/aromatic N) is 1. The van der Waals surface area contributed by atoms with Crippen LogP contribution in [0.4, 0.5) is 15.8 Å². The van der Waals surface area contributed by atoms with E-state index in [4.69, 9.17) is 12.2 Å². The van der Waals surface area contributed by atoms with Gasteiger partial charge in [0.1, 0.15) is 5.82 Å². The Kier molecular flexibility index (Phi) is 6.32. The highest BCUT2D eigenvalue weighted by Gasteiger charge is 2.35. The Balaban J connectivity index is 1.71. The van der Waals surface area contributed by atoms with Gasteiger partial charge in [-0.2, -0.15) is 4.31 Å². The van der Waals surface area contributed by atoms with Crippen molar-refractivity contribution in [3.63, 3.8) is 0 Å². The molecule has 2 aromatic rings. The first kappa shape index (κ1) is 20.7. The molecule has 1 aliphatic rings. The second kappa shape index (κ2) is 8.55. The number of benzene rings is 2. The van der Waals surface area contributed by atoms with Crippen LogP contribution in [-0.2, 0) is 10.0 Å². The van der Waals surface area contributed by atoms with Gasteiger partial charge in [-0.3, -0.25) is 0 Å². The van der Waals surface area contributed by atoms with Gasteiger partial charge in [-0.15, -0.1) is 0 Å². The lowest BCUT2D eigenvalue weighted by Gasteiger charge is -2.37. The van der Waals surface area contributed by atoms with E-state index in [1.54, 1.807) is 46.8 Å². The third-order valence-electron chi connectivity index (χ3n) is 4.92. The molecule has 0 aromatic heterocycles. The number of piperidine rings is 1. The van der Waals surface area contributed by atoms with Crippen molar-refractivity contribution in [1.82, 2.24) is 4.31 Å². The van der Waals surface area contributed by atoms with Gasteiger partial charge in [0.15, 0.2) is 5.11 Å². The first-order valence-corrected chi connectivity index (χ1v) is 11.1. The van der Waals surface area contributed by atoms with E-state index in [1.807, 2.05) is 13.8 Å². The molecule has 2 N–H and O–H groups in total. The van der Waals surface area contributed by atoms with Crippen LogP contribution in [0, 0.1) is 5.82 Å². The normalized spacial score (nSPS) is 20.5. The van der Waals surface area contributed by atoms with E-state index in [2.05, 4.69) is 10.6 Å². The Bertz CT molecular complexity index is 938. The van der Waals surface area contributed by atoms with Crippen LogP contribution in [0.3, 0.4) is 0 Å². The monoisotopic (exact) mass is 421 g/mol. The largest absolute Gasteiger partial charge is 0.332 e. The molecular weight excluding hydrogens is 397 g/mol. The minimum Gasteiger partial charge on any atom is -0.332 e. The summed E-state index contributed by atoms with van der Waals surface area (Å²) in [5.41, 5.74) is 0.889. The molecule has 1 aliphatic heterocycles. The maximum absolute atomic E-state index is 13.7. The fourth-order valence-corrected chi connectivity index (χ4v) is 5.66. The highest BCUT2D eigenvalue weighted by Crippen LogP contribution is 2.30. The summed E-state index contributed by atoms with van der Waals surface area (Å²) in [6.45, 7) is 3.91. The van der Waals surface area contributed by atoms with Crippen molar-refractivity contribution in [2.24, 2.45) is 0 Å². The van der Waals surface area contributed by atoms with E-state index in [-0.39, 0.29) is 27.8 Å². The lowest BCUT2D eigenvalue weighted by Crippen LogP contribution is -2.47. The van der Waals surface area contributed by atoms with Gasteiger partial charge in [-0.1, -0.05) is 18.6 Å². The molecular formula is C20H24FN3O2S2. The van der Waals surface area contributed by atoms with Gasteiger partial charge in [0, 0.05) is 17.8 Å². The van der Waals surface area contributed by atoms with Gasteiger partial charge in [-0.05, 0) is 75.3 Å². The van der Waals surface area contributed by atoms with E-state index < -0.39 is 15.8 Å². The predicted molar refractivity (Wildman–Crippen MR) is 114 cm³/mol. The summed E-state index contributed by atoms with van der Waals surface area (Å²) in [6.07, 6.45) is 2.79. The molecule has 0 spiro atoms. The Labute approximate surface area is 171 Å². The van der Waals surface area contributed by atoms with Gasteiger partial charge in [0.25, 0.3) is 0 Å². The molecule has 1 saturated heterocycles. The smallest absolute Gasteiger partial charge is 0.243 e. The zero-order valence-corrected chi connectivity index (χ0v) is 17.5. The highest BCUT2D eigenvalue weighted by molar-refractivity contribution is 7.89. The number of thiocarbonyl (C=S) groups is 1. The molecule has 150 valence electrons. The average Bonchev–Trinajstić information content (AvgIpc) is 2.64. The van der Waals surface area contributed by atoms with E-state index in [9.17, 15) is 12.8 Å². The van der Waals surface area contributed by atoms with Crippen LogP contribution in [0.15, 0.2) is 53.4 Å². The fraction of sp³-hybridized carbons (Fsp3) is 0.350. The molecule has 0 bridgehead atoms. The number of sulfonamides is 1. The van der Waals surface area contributed by atoms with E-state index in [0.717, 1.165) is 19.3 Å². The molecule has 3 rings (SSSR count). The lowest BCUT2D eigenvalue weighted by molar-refractivity contribution is 0.204. The maximum Gasteiger partial charge on any atom is 0.243 e. The number of rotatable bonds is 4. The van der Waals surface area contributed by atoms with E-state index in [0.29, 0.717) is 5.69 Å². The summed E-state index contributed by atoms with van der Waals surface area (Å²) in [7, 11) is -3.55. The highest BCUT2D eigenvalue weighted by atomic mass is 32.2. The standard InChI is InChI=1S/C20H24FN3O2S2/c1-14-6-5-7-15(2)24(14)28(25,26)17-12-10-16(11-13-17)22-20(27)23-19-9-4-3-8-18(19)21/h3-4,8-15H,5-7H2,1-2H3,(H2,22,23,27)/t14-,15+. The van der Waals surface area contributed by atoms with Crippen molar-refractivity contribution in [2.45, 2.75) is 50.1 Å². The van der Waals surface area contributed by atoms with Crippen molar-refractivity contribution in [2.75, 3.05) is 10.6 Å². The minimum atomic E-state index is -3.55. The molecule has 5 nitrogen and oxygen atoms in total. The van der Waals surface area contributed by atoms with Crippen LogP contribution in [0.25, 0.3) is 0 Å². The number of halogens is 1. The second-order valence-electron chi connectivity index (χ2n) is 7.05. The Hall–Kier alpha value is -2.03. The summed E-state index contributed by atoms with van der Waals surface area (Å²) < 4.78 is 41.4. The molecule has 2 aromatic carbocycles. The number of nitrogens with one attached hydrogen (secondary N) is 2. The third-order valence-corrected chi connectivity index (χ3v) is 7.27. The van der Waals surface area contributed by atoms with Crippen LogP contribution in [0.5, 0.6) is 0 Å². The predicted octanol–water partition coefficient (Wildman–Crippen LogP) is 4.59. The average molecular weight is 422 g/mol. The van der Waals surface area contributed by atoms with E-state index in [1.165, 1.54) is 6.07 Å². The summed E-state index contributed by atoms with van der Waals surface area (Å²) >= 11 is 5.20. The van der Waals surface area contributed by atoms with Crippen molar-refractivity contribution in [3.05, 3.63) is 54.3 Å². The molecule has 0 aliphatic carbocycles. The van der Waals surface area contributed by atoms with Gasteiger partial charge in [-0.25, -0.2) is 12.8 Å². The molecule has 0 amide bonds. The van der Waals surface area contributed by atoms with Crippen molar-refractivity contribution < 1.29 is 12.8 Å². The molecule has 0 radical (unpaired) electrons. The van der Waals surface area contributed by atoms with Gasteiger partial charge in [0.05, 0.1) is 10.6 Å². The zero-order valence-electron chi connectivity index (χ0n) is 15.9. The summed E-state index contributed by atoms with van der Waals surface area (Å²) in [4.78, 5) is 0.256. The van der Waals surface area contributed by atoms with Crippen LogP contribution >= 0.6 is 12.2 Å². The SMILES string of the molecule is C[C@@H]1CCC[C@H](C)N1S(=O)(=O)c1ccc(NC(=S)Nc2ccccc2F)cc1. The lowest BCUT2D eigenvalue weighted by atomic mass is 10.0. The Morgan fingerprint density at radius 1 is 1.04 bits per heavy atom. The summed E-state index contributed by atoms with van der Waals surface area (Å²) in [5.74, 6) is -0.405. The molecule has 2 atom stereocenters. The minimum absolute atomic E-state index is 0.0101. The van der Waals surface area contributed by atoms with Crippen LogP contribution < -0.4 is 10.6 Å². The topological polar surface area (TPSA) is 61.4 Å². The van der Waals surface area contributed by atoms with Crippen LogP contribution in [0.1, 0.15) is 33.1 Å². The first-order chi connectivity index (χ1) is 13.3. The number of anilines is 2. The maximum atomic E-state index is 13.7. The molecule has 8 heteroatoms. The number of para-hydroxylation sites is 1. The van der Waals surface area contributed by atoms with Gasteiger partial charge in [0.2, 0.25) is 10.0 Å². The first-order valence-electron chi connectivity index (χ1n) is 9.25. The van der Waals surface area contributed by atoms with E-state index >= 15 is 0 Å². The Morgan fingerprint density at radius 3 is 2.25 bits per heavy atom. The third kappa shape index (κ3) is 4.51. The van der Waals surface area contributed by atoms with Crippen molar-refractivity contribution in [1.29, 1.82) is 0 Å². The van der Waals surface area contributed by atoms with Crippen LogP contribution in [0.2, 0.25) is 0 Å². The Morgan fingerprint density at radius 2 is 1.64 bits per heavy atom. The zero-order chi connectivity index (χ0) is 20.3. The fourth-order valence-electron chi connectivity index (χ4n) is 3.55. The molecule has 0 saturated carbocycles. The quantitative estimate of drug-likeness (QED) is 0.708. The van der Waals surface area contributed by atoms with Crippen LogP contribution in [-0.4, -0.2) is 29.9 Å². The van der Waals surface area contributed by atoms with Gasteiger partial charge >= 0.3 is 0 Å². The summed E-state index contributed by atoms with van der Waals surface area (Å²) in [6, 6.07) is 12.6. The summed E-state index contributed by atoms with van der Waals surface area (Å²) in [5, 5.41) is 5.95.